The van der Waals surface area contributed by atoms with Gasteiger partial charge < -0.3 is 35.3 Å². The van der Waals surface area contributed by atoms with Crippen molar-refractivity contribution in [2.24, 2.45) is 5.41 Å². The molecule has 2 atom stereocenters. The molecule has 0 aliphatic rings. The molecule has 0 aliphatic carbocycles. The van der Waals surface area contributed by atoms with Crippen LogP contribution >= 0.6 is 11.8 Å². The molecule has 4 amide bonds. The molecule has 4 N–H and O–H groups in total. The number of hydrogen-bond acceptors (Lipinski definition) is 10. The first kappa shape index (κ1) is 56.6. The van der Waals surface area contributed by atoms with Crippen molar-refractivity contribution in [3.05, 3.63) is 83.7 Å². The van der Waals surface area contributed by atoms with Gasteiger partial charge in [-0.1, -0.05) is 70.7 Å². The second-order valence-electron chi connectivity index (χ2n) is 19.8. The van der Waals surface area contributed by atoms with E-state index in [0.717, 1.165) is 47.3 Å². The van der Waals surface area contributed by atoms with Gasteiger partial charge >= 0.3 is 12.1 Å². The molecule has 372 valence electrons. The number of thioether (sulfide) groups is 1. The maximum atomic E-state index is 15.0. The van der Waals surface area contributed by atoms with Gasteiger partial charge in [-0.15, -0.1) is 11.8 Å². The lowest BCUT2D eigenvalue weighted by Gasteiger charge is -2.32. The van der Waals surface area contributed by atoms with Crippen molar-refractivity contribution in [2.75, 3.05) is 49.3 Å². The first-order valence-electron chi connectivity index (χ1n) is 22.7. The number of aromatic nitrogens is 1. The molecule has 0 fully saturated rings. The van der Waals surface area contributed by atoms with Crippen LogP contribution in [0.2, 0.25) is 25.7 Å². The zero-order valence-corrected chi connectivity index (χ0v) is 43.2. The molecule has 0 saturated carbocycles. The molecule has 67 heavy (non-hydrogen) atoms. The zero-order valence-electron chi connectivity index (χ0n) is 40.5. The van der Waals surface area contributed by atoms with Gasteiger partial charge in [-0.05, 0) is 74.9 Å². The fraction of sp³-hybridized carbons (Fsp3) is 0.562. The van der Waals surface area contributed by atoms with Crippen LogP contribution in [0.25, 0.3) is 11.1 Å². The summed E-state index contributed by atoms with van der Waals surface area (Å²) in [6, 6.07) is 14.4. The van der Waals surface area contributed by atoms with Gasteiger partial charge in [0.05, 0.1) is 30.3 Å². The van der Waals surface area contributed by atoms with Gasteiger partial charge in [0.15, 0.2) is 9.84 Å². The van der Waals surface area contributed by atoms with Gasteiger partial charge in [0.2, 0.25) is 17.7 Å². The van der Waals surface area contributed by atoms with Crippen LogP contribution in [-0.2, 0) is 45.0 Å². The predicted octanol–water partition coefficient (Wildman–Crippen LogP) is 7.44. The van der Waals surface area contributed by atoms with Gasteiger partial charge in [0, 0.05) is 75.4 Å². The summed E-state index contributed by atoms with van der Waals surface area (Å²) in [6.45, 7) is 18.7. The number of carbonyl (C=O) groups excluding carboxylic acids is 5. The maximum absolute atomic E-state index is 15.0. The molecule has 0 spiro atoms. The number of ether oxygens (including phenoxy) is 2. The van der Waals surface area contributed by atoms with Gasteiger partial charge in [-0.3, -0.25) is 19.2 Å². The number of sulfone groups is 1. The smallest absolute Gasteiger partial charge is 0.407 e. The lowest BCUT2D eigenvalue weighted by Crippen LogP contribution is -2.49. The average molecular weight is 992 g/mol. The lowest BCUT2D eigenvalue weighted by atomic mass is 9.77. The first-order valence-corrected chi connectivity index (χ1v) is 29.3. The Bertz CT molecular complexity index is 2220. The quantitative estimate of drug-likeness (QED) is 0.0357. The minimum Gasteiger partial charge on any atom is -0.460 e. The van der Waals surface area contributed by atoms with E-state index >= 15 is 4.39 Å². The van der Waals surface area contributed by atoms with Crippen molar-refractivity contribution in [2.45, 2.75) is 117 Å². The minimum atomic E-state index is -3.77. The van der Waals surface area contributed by atoms with E-state index in [1.165, 1.54) is 0 Å². The van der Waals surface area contributed by atoms with E-state index in [4.69, 9.17) is 9.47 Å². The molecule has 0 unspecified atom stereocenters. The highest BCUT2D eigenvalue weighted by Gasteiger charge is 2.32. The van der Waals surface area contributed by atoms with Crippen molar-refractivity contribution in [1.29, 1.82) is 0 Å². The molecule has 1 aromatic heterocycles. The van der Waals surface area contributed by atoms with Crippen LogP contribution in [0.4, 0.5) is 13.6 Å². The molecule has 2 aromatic carbocycles. The highest BCUT2D eigenvalue weighted by atomic mass is 32.2. The summed E-state index contributed by atoms with van der Waals surface area (Å²) in [5, 5.41) is 10.6. The third-order valence-electron chi connectivity index (χ3n) is 10.4. The summed E-state index contributed by atoms with van der Waals surface area (Å²) in [6.07, 6.45) is 1.41. The third kappa shape index (κ3) is 22.3. The third-order valence-corrected chi connectivity index (χ3v) is 14.8. The lowest BCUT2D eigenvalue weighted by molar-refractivity contribution is -0.155. The van der Waals surface area contributed by atoms with Gasteiger partial charge in [0.25, 0.3) is 0 Å². The fourth-order valence-corrected chi connectivity index (χ4v) is 9.67. The number of hydrogen-bond donors (Lipinski definition) is 4. The van der Waals surface area contributed by atoms with E-state index in [1.807, 2.05) is 55.7 Å². The summed E-state index contributed by atoms with van der Waals surface area (Å²) >= 11 is 1.08. The van der Waals surface area contributed by atoms with Crippen LogP contribution in [0, 0.1) is 17.0 Å². The Kier molecular flexibility index (Phi) is 22.1. The zero-order chi connectivity index (χ0) is 50.0. The first-order chi connectivity index (χ1) is 31.2. The maximum Gasteiger partial charge on any atom is 0.407 e. The van der Waals surface area contributed by atoms with Crippen LogP contribution in [-0.4, -0.2) is 112 Å². The Labute approximate surface area is 400 Å². The standard InChI is InChI=1S/C48H71F2N5O9S2Si/c1-47(2,3)38(41-28-35(37-29-36(49)16-17-39(37)50)31-55(41)30-34-14-11-10-12-15-34)20-25-66(61,62)26-23-52-45(59)40(54-42(56)18-19-44(58)64-48(4,5)6)32-65-33-43(57)51-21-13-22-53-46(60)63-24-27-67(7,8)9/h10-12,14-17,28-29,31,38,40H,13,18-27,30,32-33H2,1-9H3,(H,51,57)(H,52,59)(H,53,60)(H,54,56)/t38-,40-/m0/s1. The molecule has 14 nitrogen and oxygen atoms in total. The Morgan fingerprint density at radius 1 is 0.836 bits per heavy atom. The largest absolute Gasteiger partial charge is 0.460 e. The highest BCUT2D eigenvalue weighted by molar-refractivity contribution is 8.00. The highest BCUT2D eigenvalue weighted by Crippen LogP contribution is 2.41. The molecule has 19 heteroatoms. The molecular weight excluding hydrogens is 921 g/mol. The van der Waals surface area contributed by atoms with Crippen molar-refractivity contribution < 1.29 is 50.6 Å². The van der Waals surface area contributed by atoms with Crippen molar-refractivity contribution in [1.82, 2.24) is 25.8 Å². The monoisotopic (exact) mass is 991 g/mol. The van der Waals surface area contributed by atoms with Crippen LogP contribution in [0.1, 0.15) is 84.4 Å². The van der Waals surface area contributed by atoms with Crippen LogP contribution in [0.15, 0.2) is 60.8 Å². The number of amides is 4. The predicted molar refractivity (Wildman–Crippen MR) is 263 cm³/mol. The fourth-order valence-electron chi connectivity index (χ4n) is 6.87. The SMILES string of the molecule is CC(C)(C)OC(=O)CCC(=O)N[C@@H](CSCC(=O)NCCCNC(=O)OCC[Si](C)(C)C)C(=O)NCCS(=O)(=O)CC[C@@H](c1cc(-c2cc(F)ccc2F)cn1Cc1ccccc1)C(C)(C)C. The van der Waals surface area contributed by atoms with E-state index in [9.17, 15) is 36.8 Å². The second-order valence-corrected chi connectivity index (χ2v) is 28.8. The average Bonchev–Trinajstić information content (AvgIpc) is 3.61. The summed E-state index contributed by atoms with van der Waals surface area (Å²) in [4.78, 5) is 63.2. The Morgan fingerprint density at radius 3 is 2.18 bits per heavy atom. The van der Waals surface area contributed by atoms with Gasteiger partial charge in [-0.25, -0.2) is 22.0 Å². The van der Waals surface area contributed by atoms with E-state index in [-0.39, 0.29) is 67.0 Å². The molecule has 1 heterocycles. The number of esters is 1. The Morgan fingerprint density at radius 2 is 1.52 bits per heavy atom. The minimum absolute atomic E-state index is 0.0353. The van der Waals surface area contributed by atoms with Crippen molar-refractivity contribution in [3.8, 4) is 11.1 Å². The number of rotatable bonds is 26. The van der Waals surface area contributed by atoms with Crippen LogP contribution in [0.3, 0.4) is 0 Å². The van der Waals surface area contributed by atoms with Crippen LogP contribution in [0.5, 0.6) is 0 Å². The van der Waals surface area contributed by atoms with E-state index in [0.29, 0.717) is 31.7 Å². The molecule has 0 saturated heterocycles. The topological polar surface area (TPSA) is 191 Å². The number of alkyl carbamates (subject to hydrolysis) is 1. The normalized spacial score (nSPS) is 13.0. The van der Waals surface area contributed by atoms with Crippen molar-refractivity contribution in [3.63, 3.8) is 0 Å². The van der Waals surface area contributed by atoms with E-state index in [2.05, 4.69) is 40.9 Å². The van der Waals surface area contributed by atoms with Crippen LogP contribution < -0.4 is 21.3 Å². The molecule has 0 aliphatic heterocycles. The summed E-state index contributed by atoms with van der Waals surface area (Å²) in [7, 11) is -5.10. The summed E-state index contributed by atoms with van der Waals surface area (Å²) < 4.78 is 69.0. The number of nitrogens with zero attached hydrogens (tertiary/aromatic N) is 1. The summed E-state index contributed by atoms with van der Waals surface area (Å²) in [5.74, 6) is -4.44. The molecule has 0 radical (unpaired) electrons. The van der Waals surface area contributed by atoms with Crippen molar-refractivity contribution >= 4 is 59.5 Å². The summed E-state index contributed by atoms with van der Waals surface area (Å²) in [5.41, 5.74) is 1.07. The van der Waals surface area contributed by atoms with E-state index in [1.54, 1.807) is 33.0 Å². The van der Waals surface area contributed by atoms with Gasteiger partial charge in [0.1, 0.15) is 23.3 Å². The molecule has 3 aromatic rings. The molecule has 0 bridgehead atoms. The Balaban J connectivity index is 1.63. The van der Waals surface area contributed by atoms with Gasteiger partial charge in [-0.2, -0.15) is 0 Å². The Hall–Kier alpha value is -4.75. The number of benzene rings is 2. The molecule has 3 rings (SSSR count). The number of carbonyl (C=O) groups is 5. The number of halogens is 2. The molecular formula is C48H71F2N5O9S2Si. The second kappa shape index (κ2) is 26.1. The number of nitrogens with one attached hydrogen (secondary N) is 4. The van der Waals surface area contributed by atoms with E-state index < -0.39 is 76.2 Å².